The highest BCUT2D eigenvalue weighted by Gasteiger charge is 2.32. The summed E-state index contributed by atoms with van der Waals surface area (Å²) in [5.41, 5.74) is 1.43. The maximum absolute atomic E-state index is 13.8. The molecule has 0 saturated heterocycles. The first-order chi connectivity index (χ1) is 19.6. The van der Waals surface area contributed by atoms with Crippen molar-refractivity contribution in [1.29, 1.82) is 0 Å². The first-order valence-corrected chi connectivity index (χ1v) is 14.9. The number of aromatic nitrogens is 3. The molecule has 2 aromatic heterocycles. The van der Waals surface area contributed by atoms with Crippen molar-refractivity contribution in [1.82, 2.24) is 14.5 Å². The summed E-state index contributed by atoms with van der Waals surface area (Å²) in [5, 5.41) is 11.5. The van der Waals surface area contributed by atoms with Crippen LogP contribution in [0.3, 0.4) is 0 Å². The Hall–Kier alpha value is -4.25. The monoisotopic (exact) mass is 579 g/mol. The molecule has 0 aliphatic carbocycles. The van der Waals surface area contributed by atoms with E-state index >= 15 is 0 Å². The Balaban J connectivity index is 1.62. The maximum atomic E-state index is 13.8. The Morgan fingerprint density at radius 2 is 1.76 bits per heavy atom. The number of fused-ring (bicyclic) bond motifs is 1. The number of pyridine rings is 1. The average Bonchev–Trinajstić information content (AvgIpc) is 3.42. The summed E-state index contributed by atoms with van der Waals surface area (Å²) < 4.78 is 53.5. The molecule has 0 radical (unpaired) electrons. The van der Waals surface area contributed by atoms with Crippen molar-refractivity contribution < 1.29 is 27.4 Å². The van der Waals surface area contributed by atoms with Crippen LogP contribution in [0.15, 0.2) is 69.2 Å². The molecular formula is C30H30FN3O6S. The lowest BCUT2D eigenvalue weighted by atomic mass is 10.0. The lowest BCUT2D eigenvalue weighted by molar-refractivity contribution is 0.174. The molecule has 3 heterocycles. The number of hydrogen-bond donors (Lipinski definition) is 1. The third kappa shape index (κ3) is 5.29. The van der Waals surface area contributed by atoms with E-state index in [1.165, 1.54) is 22.8 Å². The van der Waals surface area contributed by atoms with E-state index in [0.717, 1.165) is 12.0 Å². The zero-order valence-electron chi connectivity index (χ0n) is 22.9. The number of aromatic hydroxyl groups is 1. The summed E-state index contributed by atoms with van der Waals surface area (Å²) in [4.78, 5) is 20.2. The minimum atomic E-state index is -4.48. The van der Waals surface area contributed by atoms with Gasteiger partial charge in [0.15, 0.2) is 16.4 Å². The van der Waals surface area contributed by atoms with Crippen LogP contribution >= 0.6 is 0 Å². The smallest absolute Gasteiger partial charge is 0.296 e. The highest BCUT2D eigenvalue weighted by Crippen LogP contribution is 2.38. The summed E-state index contributed by atoms with van der Waals surface area (Å²) in [6.45, 7) is 5.64. The Morgan fingerprint density at radius 1 is 1.02 bits per heavy atom. The van der Waals surface area contributed by atoms with Crippen LogP contribution in [0.4, 0.5) is 4.39 Å². The van der Waals surface area contributed by atoms with Gasteiger partial charge in [-0.15, -0.1) is 0 Å². The average molecular weight is 580 g/mol. The lowest BCUT2D eigenvalue weighted by Gasteiger charge is -2.25. The standard InChI is InChI=1S/C30H30FN3O6S/c1-4-6-7-27-33-29(35)28(30(36)34(27)23(5-2)20-10-14-24-25(16-20)40-17-39-24)41(37,38)21-11-8-19(9-12-21)22-13-15-26(31)32-18(22)3/h8-16,23,36H,4-7,17H2,1-3H3. The molecule has 0 spiro atoms. The zero-order chi connectivity index (χ0) is 29.3. The SMILES string of the molecule is CCCCc1nc(=O)c(S(=O)(=O)c2ccc(-c3ccc(F)nc3C)cc2)c(O)n1C(CC)c1ccc2c(c1)OCO2. The number of hydrogen-bond acceptors (Lipinski definition) is 8. The van der Waals surface area contributed by atoms with Crippen LogP contribution in [-0.4, -0.2) is 34.9 Å². The fraction of sp³-hybridized carbons (Fsp3) is 0.300. The van der Waals surface area contributed by atoms with Crippen LogP contribution in [0.1, 0.15) is 56.2 Å². The molecule has 1 N–H and O–H groups in total. The first kappa shape index (κ1) is 28.3. The van der Waals surface area contributed by atoms with Crippen LogP contribution in [0.2, 0.25) is 0 Å². The van der Waals surface area contributed by atoms with E-state index in [4.69, 9.17) is 9.47 Å². The van der Waals surface area contributed by atoms with Gasteiger partial charge in [0.2, 0.25) is 28.5 Å². The predicted octanol–water partition coefficient (Wildman–Crippen LogP) is 5.36. The van der Waals surface area contributed by atoms with Crippen LogP contribution in [0.5, 0.6) is 17.4 Å². The van der Waals surface area contributed by atoms with Crippen LogP contribution < -0.4 is 15.0 Å². The Kier molecular flexibility index (Phi) is 7.81. The van der Waals surface area contributed by atoms with Crippen LogP contribution in [0, 0.1) is 12.9 Å². The van der Waals surface area contributed by atoms with E-state index in [0.29, 0.717) is 53.4 Å². The molecule has 4 aromatic rings. The molecule has 0 fully saturated rings. The molecular weight excluding hydrogens is 549 g/mol. The fourth-order valence-electron chi connectivity index (χ4n) is 5.08. The molecule has 0 amide bonds. The van der Waals surface area contributed by atoms with Crippen molar-refractivity contribution in [3.05, 3.63) is 88.0 Å². The Morgan fingerprint density at radius 3 is 2.44 bits per heavy atom. The van der Waals surface area contributed by atoms with Gasteiger partial charge >= 0.3 is 0 Å². The van der Waals surface area contributed by atoms with Gasteiger partial charge in [-0.3, -0.25) is 9.36 Å². The molecule has 1 aliphatic heterocycles. The molecule has 1 unspecified atom stereocenters. The van der Waals surface area contributed by atoms with Gasteiger partial charge in [0.25, 0.3) is 5.56 Å². The third-order valence-corrected chi connectivity index (χ3v) is 8.95. The third-order valence-electron chi connectivity index (χ3n) is 7.16. The minimum Gasteiger partial charge on any atom is -0.493 e. The second-order valence-corrected chi connectivity index (χ2v) is 11.7. The van der Waals surface area contributed by atoms with Gasteiger partial charge in [0, 0.05) is 17.7 Å². The van der Waals surface area contributed by atoms with Crippen LogP contribution in [0.25, 0.3) is 11.1 Å². The number of unbranched alkanes of at least 4 members (excludes halogenated alkanes) is 1. The summed E-state index contributed by atoms with van der Waals surface area (Å²) in [6.07, 6.45) is 2.35. The summed E-state index contributed by atoms with van der Waals surface area (Å²) in [5.74, 6) is 0.161. The van der Waals surface area contributed by atoms with Gasteiger partial charge in [0.05, 0.1) is 10.9 Å². The molecule has 0 bridgehead atoms. The van der Waals surface area contributed by atoms with E-state index in [9.17, 15) is 22.7 Å². The highest BCUT2D eigenvalue weighted by atomic mass is 32.2. The Labute approximate surface area is 237 Å². The zero-order valence-corrected chi connectivity index (χ0v) is 23.7. The highest BCUT2D eigenvalue weighted by molar-refractivity contribution is 7.91. The predicted molar refractivity (Wildman–Crippen MR) is 150 cm³/mol. The normalized spacial score (nSPS) is 13.4. The molecule has 11 heteroatoms. The molecule has 5 rings (SSSR count). The first-order valence-electron chi connectivity index (χ1n) is 13.4. The molecule has 2 aromatic carbocycles. The van der Waals surface area contributed by atoms with Gasteiger partial charge in [-0.25, -0.2) is 13.4 Å². The van der Waals surface area contributed by atoms with Crippen molar-refractivity contribution in [2.45, 2.75) is 62.3 Å². The number of nitrogens with zero attached hydrogens (tertiary/aromatic N) is 3. The van der Waals surface area contributed by atoms with E-state index in [1.54, 1.807) is 37.3 Å². The fourth-order valence-corrected chi connectivity index (χ4v) is 6.42. The van der Waals surface area contributed by atoms with Gasteiger partial charge in [-0.2, -0.15) is 9.37 Å². The van der Waals surface area contributed by atoms with E-state index in [1.807, 2.05) is 19.9 Å². The number of ether oxygens (including phenoxy) is 2. The molecule has 0 saturated carbocycles. The number of halogens is 1. The van der Waals surface area contributed by atoms with Gasteiger partial charge < -0.3 is 14.6 Å². The van der Waals surface area contributed by atoms with E-state index in [2.05, 4.69) is 9.97 Å². The largest absolute Gasteiger partial charge is 0.493 e. The second kappa shape index (κ2) is 11.3. The van der Waals surface area contributed by atoms with Gasteiger partial charge in [-0.1, -0.05) is 38.5 Å². The van der Waals surface area contributed by atoms with Gasteiger partial charge in [-0.05, 0) is 67.3 Å². The summed E-state index contributed by atoms with van der Waals surface area (Å²) in [7, 11) is -4.48. The quantitative estimate of drug-likeness (QED) is 0.263. The molecule has 41 heavy (non-hydrogen) atoms. The number of rotatable bonds is 9. The molecule has 1 aliphatic rings. The van der Waals surface area contributed by atoms with Crippen molar-refractivity contribution >= 4 is 9.84 Å². The van der Waals surface area contributed by atoms with E-state index < -0.39 is 38.2 Å². The number of sulfone groups is 1. The summed E-state index contributed by atoms with van der Waals surface area (Å²) in [6, 6.07) is 13.4. The van der Waals surface area contributed by atoms with E-state index in [-0.39, 0.29) is 11.7 Å². The molecule has 1 atom stereocenters. The second-order valence-electron chi connectivity index (χ2n) is 9.79. The Bertz CT molecular complexity index is 1770. The topological polar surface area (TPSA) is 121 Å². The number of benzene rings is 2. The van der Waals surface area contributed by atoms with Crippen molar-refractivity contribution in [2.75, 3.05) is 6.79 Å². The molecule has 9 nitrogen and oxygen atoms in total. The molecule has 214 valence electrons. The lowest BCUT2D eigenvalue weighted by Crippen LogP contribution is -2.27. The maximum Gasteiger partial charge on any atom is 0.296 e. The summed E-state index contributed by atoms with van der Waals surface area (Å²) >= 11 is 0. The minimum absolute atomic E-state index is 0.0978. The van der Waals surface area contributed by atoms with Crippen LogP contribution in [-0.2, 0) is 16.3 Å². The van der Waals surface area contributed by atoms with Gasteiger partial charge in [0.1, 0.15) is 5.82 Å². The van der Waals surface area contributed by atoms with Crippen molar-refractivity contribution in [3.8, 4) is 28.5 Å². The number of aryl methyl sites for hydroxylation is 2. The van der Waals surface area contributed by atoms with Crippen molar-refractivity contribution in [2.24, 2.45) is 0 Å². The van der Waals surface area contributed by atoms with Crippen molar-refractivity contribution in [3.63, 3.8) is 0 Å².